The normalized spacial score (nSPS) is 11.3. The molecule has 6 heavy (non-hydrogen) atoms. The molecule has 0 aliphatic heterocycles. The van der Waals surface area contributed by atoms with Gasteiger partial charge in [0.1, 0.15) is 5.57 Å². The van der Waals surface area contributed by atoms with Crippen LogP contribution in [0.5, 0.6) is 0 Å². The monoisotopic (exact) mass is 104 g/mol. The van der Waals surface area contributed by atoms with E-state index in [4.69, 9.17) is 0 Å². The minimum Gasteiger partial charge on any atom is -0.207 e. The molecule has 0 amide bonds. The van der Waals surface area contributed by atoms with E-state index in [2.05, 4.69) is 6.58 Å². The highest BCUT2D eigenvalue weighted by Crippen LogP contribution is 2.03. The second-order valence-corrected chi connectivity index (χ2v) is 1.34. The highest BCUT2D eigenvalue weighted by molar-refractivity contribution is 7.22. The number of hydrogen-bond acceptors (Lipinski definition) is 0. The van der Waals surface area contributed by atoms with Crippen molar-refractivity contribution in [2.75, 3.05) is 0 Å². The number of hydrogen-bond donors (Lipinski definition) is 0. The molecular weight excluding hydrogens is 98.0 g/mol. The van der Waals surface area contributed by atoms with E-state index in [1.54, 1.807) is 0 Å². The molecule has 0 saturated heterocycles. The SMILES string of the molecule is C=C/C=C(/F)P. The van der Waals surface area contributed by atoms with E-state index in [0.717, 1.165) is 0 Å². The Morgan fingerprint density at radius 3 is 2.33 bits per heavy atom. The first-order chi connectivity index (χ1) is 2.77. The van der Waals surface area contributed by atoms with Gasteiger partial charge in [-0.1, -0.05) is 21.9 Å². The molecule has 0 N–H and O–H groups in total. The second kappa shape index (κ2) is 3.05. The predicted molar refractivity (Wildman–Crippen MR) is 29.1 cm³/mol. The number of rotatable bonds is 1. The fourth-order valence-electron chi connectivity index (χ4n) is 0.113. The van der Waals surface area contributed by atoms with Crippen LogP contribution in [0, 0.1) is 0 Å². The second-order valence-electron chi connectivity index (χ2n) is 0.787. The van der Waals surface area contributed by atoms with Crippen molar-refractivity contribution in [3.8, 4) is 0 Å². The minimum atomic E-state index is -0.287. The Kier molecular flexibility index (Phi) is 2.97. The summed E-state index contributed by atoms with van der Waals surface area (Å²) in [6, 6.07) is 0. The van der Waals surface area contributed by atoms with Gasteiger partial charge in [0.15, 0.2) is 0 Å². The Morgan fingerprint density at radius 1 is 1.83 bits per heavy atom. The summed E-state index contributed by atoms with van der Waals surface area (Å²) in [5, 5.41) is 0. The van der Waals surface area contributed by atoms with E-state index >= 15 is 0 Å². The van der Waals surface area contributed by atoms with Gasteiger partial charge in [0.2, 0.25) is 0 Å². The van der Waals surface area contributed by atoms with Gasteiger partial charge >= 0.3 is 0 Å². The van der Waals surface area contributed by atoms with E-state index in [1.165, 1.54) is 12.2 Å². The van der Waals surface area contributed by atoms with Gasteiger partial charge in [-0.3, -0.25) is 0 Å². The third-order valence-electron chi connectivity index (χ3n) is 0.277. The first kappa shape index (κ1) is 5.84. The summed E-state index contributed by atoms with van der Waals surface area (Å²) in [4.78, 5) is 0. The summed E-state index contributed by atoms with van der Waals surface area (Å²) in [6.07, 6.45) is 2.66. The van der Waals surface area contributed by atoms with E-state index in [1.807, 2.05) is 9.24 Å². The summed E-state index contributed by atoms with van der Waals surface area (Å²) >= 11 is 0. The van der Waals surface area contributed by atoms with Crippen molar-refractivity contribution in [1.82, 2.24) is 0 Å². The van der Waals surface area contributed by atoms with Crippen LogP contribution in [-0.2, 0) is 0 Å². The highest BCUT2D eigenvalue weighted by atomic mass is 31.0. The molecule has 0 bridgehead atoms. The summed E-state index contributed by atoms with van der Waals surface area (Å²) < 4.78 is 11.5. The molecule has 0 nitrogen and oxygen atoms in total. The Hall–Kier alpha value is -0.160. The zero-order chi connectivity index (χ0) is 4.99. The summed E-state index contributed by atoms with van der Waals surface area (Å²) in [7, 11) is 1.90. The molecule has 0 rings (SSSR count). The van der Waals surface area contributed by atoms with Crippen LogP contribution in [0.15, 0.2) is 24.3 Å². The summed E-state index contributed by atoms with van der Waals surface area (Å²) in [5.74, 6) is 0. The third kappa shape index (κ3) is 3.84. The van der Waals surface area contributed by atoms with Gasteiger partial charge in [-0.2, -0.15) is 0 Å². The van der Waals surface area contributed by atoms with Gasteiger partial charge < -0.3 is 0 Å². The molecule has 1 atom stereocenters. The van der Waals surface area contributed by atoms with Gasteiger partial charge in [0.25, 0.3) is 0 Å². The highest BCUT2D eigenvalue weighted by Gasteiger charge is 1.69. The molecule has 34 valence electrons. The van der Waals surface area contributed by atoms with Crippen LogP contribution >= 0.6 is 9.24 Å². The molecule has 0 aromatic rings. The zero-order valence-corrected chi connectivity index (χ0v) is 4.47. The Bertz CT molecular complexity index is 71.6. The average Bonchev–Trinajstić information content (AvgIpc) is 1.35. The predicted octanol–water partition coefficient (Wildman–Crippen LogP) is 1.86. The molecule has 0 fully saturated rings. The molecular formula is C4H6FP. The van der Waals surface area contributed by atoms with Gasteiger partial charge in [0, 0.05) is 0 Å². The maximum atomic E-state index is 11.5. The number of halogens is 1. The molecule has 0 radical (unpaired) electrons. The van der Waals surface area contributed by atoms with Crippen molar-refractivity contribution in [2.45, 2.75) is 0 Å². The quantitative estimate of drug-likeness (QED) is 0.352. The van der Waals surface area contributed by atoms with Crippen molar-refractivity contribution < 1.29 is 4.39 Å². The standard InChI is InChI=1S/C4H6FP/c1-2-3-4(5)6/h2-3H,1,6H2/b4-3-. The molecule has 2 heteroatoms. The lowest BCUT2D eigenvalue weighted by atomic mass is 10.6. The lowest BCUT2D eigenvalue weighted by Gasteiger charge is -1.70. The van der Waals surface area contributed by atoms with Crippen LogP contribution in [-0.4, -0.2) is 0 Å². The van der Waals surface area contributed by atoms with E-state index < -0.39 is 0 Å². The first-order valence-corrected chi connectivity index (χ1v) is 2.09. The maximum Gasteiger partial charge on any atom is 0.116 e. The van der Waals surface area contributed by atoms with Gasteiger partial charge in [-0.15, -0.1) is 0 Å². The van der Waals surface area contributed by atoms with Crippen molar-refractivity contribution >= 4 is 9.24 Å². The van der Waals surface area contributed by atoms with Crippen LogP contribution in [0.4, 0.5) is 4.39 Å². The maximum absolute atomic E-state index is 11.5. The van der Waals surface area contributed by atoms with Crippen molar-refractivity contribution in [2.24, 2.45) is 0 Å². The molecule has 0 aromatic heterocycles. The average molecular weight is 104 g/mol. The topological polar surface area (TPSA) is 0 Å². The van der Waals surface area contributed by atoms with E-state index in [9.17, 15) is 4.39 Å². The van der Waals surface area contributed by atoms with Crippen molar-refractivity contribution in [1.29, 1.82) is 0 Å². The van der Waals surface area contributed by atoms with Crippen molar-refractivity contribution in [3.63, 3.8) is 0 Å². The zero-order valence-electron chi connectivity index (χ0n) is 3.32. The molecule has 0 aliphatic rings. The third-order valence-corrected chi connectivity index (χ3v) is 0.470. The van der Waals surface area contributed by atoms with E-state index in [-0.39, 0.29) is 5.57 Å². The van der Waals surface area contributed by atoms with Crippen LogP contribution < -0.4 is 0 Å². The Balaban J connectivity index is 3.41. The van der Waals surface area contributed by atoms with Gasteiger partial charge in [-0.25, -0.2) is 4.39 Å². The number of allylic oxidation sites excluding steroid dienone is 2. The van der Waals surface area contributed by atoms with Gasteiger partial charge in [-0.05, 0) is 6.08 Å². The van der Waals surface area contributed by atoms with Crippen LogP contribution in [0.2, 0.25) is 0 Å². The smallest absolute Gasteiger partial charge is 0.116 e. The largest absolute Gasteiger partial charge is 0.207 e. The summed E-state index contributed by atoms with van der Waals surface area (Å²) in [6.45, 7) is 3.27. The fraction of sp³-hybridized carbons (Fsp3) is 0. The molecule has 0 aromatic carbocycles. The molecule has 0 aliphatic carbocycles. The minimum absolute atomic E-state index is 0.287. The molecule has 0 spiro atoms. The van der Waals surface area contributed by atoms with Crippen LogP contribution in [0.3, 0.4) is 0 Å². The lowest BCUT2D eigenvalue weighted by Crippen LogP contribution is -1.44. The Labute approximate surface area is 39.0 Å². The molecule has 1 unspecified atom stereocenters. The lowest BCUT2D eigenvalue weighted by molar-refractivity contribution is 0.700. The Morgan fingerprint density at radius 2 is 2.33 bits per heavy atom. The van der Waals surface area contributed by atoms with E-state index in [0.29, 0.717) is 0 Å². The molecule has 0 heterocycles. The van der Waals surface area contributed by atoms with Crippen LogP contribution in [0.25, 0.3) is 0 Å². The molecule has 0 saturated carbocycles. The fourth-order valence-corrected chi connectivity index (χ4v) is 0.249. The summed E-state index contributed by atoms with van der Waals surface area (Å²) in [5.41, 5.74) is -0.287. The van der Waals surface area contributed by atoms with Crippen molar-refractivity contribution in [3.05, 3.63) is 24.3 Å². The van der Waals surface area contributed by atoms with Crippen LogP contribution in [0.1, 0.15) is 0 Å². The first-order valence-electron chi connectivity index (χ1n) is 1.51. The van der Waals surface area contributed by atoms with Gasteiger partial charge in [0.05, 0.1) is 0 Å².